The number of ether oxygens (including phenoxy) is 2. The Labute approximate surface area is 175 Å². The zero-order valence-corrected chi connectivity index (χ0v) is 16.4. The molecule has 0 fully saturated rings. The van der Waals surface area contributed by atoms with E-state index in [1.807, 2.05) is 84.9 Å². The highest BCUT2D eigenvalue weighted by atomic mass is 16.5. The van der Waals surface area contributed by atoms with E-state index >= 15 is 0 Å². The molecule has 0 unspecified atom stereocenters. The maximum absolute atomic E-state index is 9.70. The SMILES string of the molecule is COc1ccccc1-c1cc(-c2cccc(Oc3ccccc3)c2)c(C#N)c(N)n1. The zero-order chi connectivity index (χ0) is 20.9. The number of nitrogens with zero attached hydrogens (tertiary/aromatic N) is 2. The third-order valence-electron chi connectivity index (χ3n) is 4.67. The molecule has 30 heavy (non-hydrogen) atoms. The van der Waals surface area contributed by atoms with Gasteiger partial charge in [0.25, 0.3) is 0 Å². The van der Waals surface area contributed by atoms with Gasteiger partial charge >= 0.3 is 0 Å². The van der Waals surface area contributed by atoms with Crippen LogP contribution in [0.2, 0.25) is 0 Å². The van der Waals surface area contributed by atoms with Crippen molar-refractivity contribution in [3.05, 3.63) is 90.5 Å². The van der Waals surface area contributed by atoms with Gasteiger partial charge in [-0.3, -0.25) is 0 Å². The molecule has 5 nitrogen and oxygen atoms in total. The molecule has 0 saturated carbocycles. The van der Waals surface area contributed by atoms with E-state index in [9.17, 15) is 5.26 Å². The monoisotopic (exact) mass is 393 g/mol. The number of nitrogen functional groups attached to an aromatic ring is 1. The van der Waals surface area contributed by atoms with Gasteiger partial charge in [0.05, 0.1) is 12.8 Å². The Morgan fingerprint density at radius 3 is 2.33 bits per heavy atom. The first-order valence-electron chi connectivity index (χ1n) is 9.37. The van der Waals surface area contributed by atoms with E-state index in [1.54, 1.807) is 7.11 Å². The smallest absolute Gasteiger partial charge is 0.142 e. The van der Waals surface area contributed by atoms with Crippen LogP contribution in [0.15, 0.2) is 84.9 Å². The van der Waals surface area contributed by atoms with Gasteiger partial charge in [-0.15, -0.1) is 0 Å². The molecule has 0 amide bonds. The number of para-hydroxylation sites is 2. The second-order valence-corrected chi connectivity index (χ2v) is 6.57. The fourth-order valence-corrected chi connectivity index (χ4v) is 3.26. The molecule has 3 aromatic carbocycles. The van der Waals surface area contributed by atoms with Crippen molar-refractivity contribution in [2.75, 3.05) is 12.8 Å². The van der Waals surface area contributed by atoms with Crippen LogP contribution in [0.4, 0.5) is 5.82 Å². The molecule has 2 N–H and O–H groups in total. The summed E-state index contributed by atoms with van der Waals surface area (Å²) < 4.78 is 11.4. The van der Waals surface area contributed by atoms with Crippen molar-refractivity contribution in [1.29, 1.82) is 5.26 Å². The van der Waals surface area contributed by atoms with Crippen LogP contribution in [0.25, 0.3) is 22.4 Å². The van der Waals surface area contributed by atoms with Gasteiger partial charge in [0, 0.05) is 11.1 Å². The second-order valence-electron chi connectivity index (χ2n) is 6.57. The predicted molar refractivity (Wildman–Crippen MR) is 117 cm³/mol. The summed E-state index contributed by atoms with van der Waals surface area (Å²) in [6.45, 7) is 0. The molecule has 0 spiro atoms. The topological polar surface area (TPSA) is 81.2 Å². The average molecular weight is 393 g/mol. The van der Waals surface area contributed by atoms with Crippen LogP contribution < -0.4 is 15.2 Å². The Bertz CT molecular complexity index is 1230. The molecule has 1 heterocycles. The summed E-state index contributed by atoms with van der Waals surface area (Å²) >= 11 is 0. The number of benzene rings is 3. The first-order valence-corrected chi connectivity index (χ1v) is 9.37. The fraction of sp³-hybridized carbons (Fsp3) is 0.0400. The van der Waals surface area contributed by atoms with Crippen LogP contribution in [0.3, 0.4) is 0 Å². The largest absolute Gasteiger partial charge is 0.496 e. The maximum atomic E-state index is 9.70. The third kappa shape index (κ3) is 3.80. The van der Waals surface area contributed by atoms with Crippen molar-refractivity contribution in [3.8, 4) is 45.7 Å². The van der Waals surface area contributed by atoms with Crippen molar-refractivity contribution >= 4 is 5.82 Å². The van der Waals surface area contributed by atoms with Gasteiger partial charge < -0.3 is 15.2 Å². The highest BCUT2D eigenvalue weighted by Gasteiger charge is 2.16. The molecule has 0 saturated heterocycles. The fourth-order valence-electron chi connectivity index (χ4n) is 3.26. The summed E-state index contributed by atoms with van der Waals surface area (Å²) in [4.78, 5) is 4.44. The summed E-state index contributed by atoms with van der Waals surface area (Å²) in [6.07, 6.45) is 0. The molecule has 4 aromatic rings. The maximum Gasteiger partial charge on any atom is 0.142 e. The number of methoxy groups -OCH3 is 1. The molecule has 0 radical (unpaired) electrons. The van der Waals surface area contributed by atoms with Gasteiger partial charge in [-0.1, -0.05) is 42.5 Å². The second kappa shape index (κ2) is 8.38. The summed E-state index contributed by atoms with van der Waals surface area (Å²) in [6, 6.07) is 28.7. The van der Waals surface area contributed by atoms with Crippen molar-refractivity contribution in [2.45, 2.75) is 0 Å². The van der Waals surface area contributed by atoms with Gasteiger partial charge in [0.15, 0.2) is 0 Å². The number of hydrogen-bond acceptors (Lipinski definition) is 5. The molecular weight excluding hydrogens is 374 g/mol. The Kier molecular flexibility index (Phi) is 5.31. The molecule has 0 bridgehead atoms. The number of hydrogen-bond donors (Lipinski definition) is 1. The molecule has 5 heteroatoms. The normalized spacial score (nSPS) is 10.3. The van der Waals surface area contributed by atoms with Crippen LogP contribution in [-0.4, -0.2) is 12.1 Å². The average Bonchev–Trinajstić information content (AvgIpc) is 2.79. The lowest BCUT2D eigenvalue weighted by Crippen LogP contribution is -2.00. The number of nitrogens with two attached hydrogens (primary N) is 1. The van der Waals surface area contributed by atoms with E-state index in [2.05, 4.69) is 11.1 Å². The number of anilines is 1. The Hall–Kier alpha value is -4.30. The quantitative estimate of drug-likeness (QED) is 0.472. The van der Waals surface area contributed by atoms with E-state index in [1.165, 1.54) is 0 Å². The third-order valence-corrected chi connectivity index (χ3v) is 4.67. The van der Waals surface area contributed by atoms with Crippen molar-refractivity contribution in [2.24, 2.45) is 0 Å². The highest BCUT2D eigenvalue weighted by molar-refractivity contribution is 5.82. The molecule has 0 atom stereocenters. The first-order chi connectivity index (χ1) is 14.7. The van der Waals surface area contributed by atoms with Gasteiger partial charge in [-0.25, -0.2) is 4.98 Å². The summed E-state index contributed by atoms with van der Waals surface area (Å²) in [5.41, 5.74) is 9.41. The minimum Gasteiger partial charge on any atom is -0.496 e. The number of nitriles is 1. The van der Waals surface area contributed by atoms with E-state index in [4.69, 9.17) is 15.2 Å². The molecule has 1 aromatic heterocycles. The summed E-state index contributed by atoms with van der Waals surface area (Å²) in [7, 11) is 1.61. The minimum atomic E-state index is 0.172. The molecular formula is C25H19N3O2. The standard InChI is InChI=1S/C25H19N3O2/c1-29-24-13-6-5-12-20(24)23-15-21(22(16-26)25(27)28-23)17-8-7-11-19(14-17)30-18-9-3-2-4-10-18/h2-15H,1H3,(H2,27,28). The zero-order valence-electron chi connectivity index (χ0n) is 16.4. The number of pyridine rings is 1. The Balaban J connectivity index is 1.81. The van der Waals surface area contributed by atoms with Crippen LogP contribution in [0.5, 0.6) is 17.2 Å². The lowest BCUT2D eigenvalue weighted by molar-refractivity contribution is 0.416. The van der Waals surface area contributed by atoms with E-state index in [-0.39, 0.29) is 5.82 Å². The van der Waals surface area contributed by atoms with Crippen LogP contribution >= 0.6 is 0 Å². The van der Waals surface area contributed by atoms with Gasteiger partial charge in [0.2, 0.25) is 0 Å². The van der Waals surface area contributed by atoms with Crippen LogP contribution in [0, 0.1) is 11.3 Å². The number of rotatable bonds is 5. The molecule has 0 aliphatic rings. The van der Waals surface area contributed by atoms with E-state index < -0.39 is 0 Å². The van der Waals surface area contributed by atoms with E-state index in [0.717, 1.165) is 16.9 Å². The van der Waals surface area contributed by atoms with Gasteiger partial charge in [-0.2, -0.15) is 5.26 Å². The van der Waals surface area contributed by atoms with Gasteiger partial charge in [0.1, 0.15) is 34.7 Å². The minimum absolute atomic E-state index is 0.172. The molecule has 0 aliphatic carbocycles. The van der Waals surface area contributed by atoms with Gasteiger partial charge in [-0.05, 0) is 48.0 Å². The lowest BCUT2D eigenvalue weighted by Gasteiger charge is -2.13. The van der Waals surface area contributed by atoms with Crippen LogP contribution in [-0.2, 0) is 0 Å². The Morgan fingerprint density at radius 1 is 0.833 bits per heavy atom. The summed E-state index contributed by atoms with van der Waals surface area (Å²) in [5, 5.41) is 9.70. The summed E-state index contributed by atoms with van der Waals surface area (Å²) in [5.74, 6) is 2.25. The van der Waals surface area contributed by atoms with Crippen LogP contribution in [0.1, 0.15) is 5.56 Å². The molecule has 146 valence electrons. The first kappa shape index (κ1) is 19.0. The number of aromatic nitrogens is 1. The molecule has 0 aliphatic heterocycles. The highest BCUT2D eigenvalue weighted by Crippen LogP contribution is 2.36. The molecule has 4 rings (SSSR count). The predicted octanol–water partition coefficient (Wildman–Crippen LogP) is 5.67. The Morgan fingerprint density at radius 2 is 1.57 bits per heavy atom. The lowest BCUT2D eigenvalue weighted by atomic mass is 9.98. The van der Waals surface area contributed by atoms with Crippen molar-refractivity contribution < 1.29 is 9.47 Å². The van der Waals surface area contributed by atoms with Crippen molar-refractivity contribution in [3.63, 3.8) is 0 Å². The van der Waals surface area contributed by atoms with Crippen molar-refractivity contribution in [1.82, 2.24) is 4.98 Å². The van der Waals surface area contributed by atoms with E-state index in [0.29, 0.717) is 28.3 Å².